The Morgan fingerprint density at radius 3 is 2.83 bits per heavy atom. The van der Waals surface area contributed by atoms with Crippen molar-refractivity contribution < 1.29 is 14.6 Å². The predicted molar refractivity (Wildman–Crippen MR) is 143 cm³/mol. The molecule has 1 aliphatic rings. The number of hydrogen-bond acceptors (Lipinski definition) is 8. The molecule has 0 saturated heterocycles. The fraction of sp³-hybridized carbons (Fsp3) is 0.259. The molecule has 0 spiro atoms. The Morgan fingerprint density at radius 2 is 2.06 bits per heavy atom. The fourth-order valence-electron chi connectivity index (χ4n) is 3.90. The van der Waals surface area contributed by atoms with Gasteiger partial charge in [0.15, 0.2) is 0 Å². The van der Waals surface area contributed by atoms with Crippen LogP contribution in [0.5, 0.6) is 0 Å². The minimum Gasteiger partial charge on any atom is -0.465 e. The fourth-order valence-corrected chi connectivity index (χ4v) is 5.09. The summed E-state index contributed by atoms with van der Waals surface area (Å²) < 4.78 is 4.86. The second-order valence-corrected chi connectivity index (χ2v) is 10.0. The number of nitrogens with one attached hydrogen (secondary N) is 1. The molecule has 0 radical (unpaired) electrons. The number of aromatic nitrogens is 3. The number of ether oxygens (including phenoxy) is 1. The van der Waals surface area contributed by atoms with E-state index in [4.69, 9.17) is 21.3 Å². The Balaban J connectivity index is 1.63. The standard InChI is InChI=1S/C27H27ClN4O3S/c1-17-13-21(31-24(14-17)32-23-15-20(28)10-12-29-23)22-16-30-26(36-22)27(34)11-6-4-5-7-19(25(33)35-3)9-8-18(27)2/h7-10,12-16,34H,2,4-6,11H2,1,3H3,(H,29,31,32)/b9-8-,19-7+. The predicted octanol–water partition coefficient (Wildman–Crippen LogP) is 6.28. The van der Waals surface area contributed by atoms with Crippen LogP contribution in [0.2, 0.25) is 5.02 Å². The summed E-state index contributed by atoms with van der Waals surface area (Å²) >= 11 is 7.45. The lowest BCUT2D eigenvalue weighted by atomic mass is 9.88. The first-order chi connectivity index (χ1) is 17.3. The molecule has 9 heteroatoms. The average Bonchev–Trinajstić information content (AvgIpc) is 3.35. The minimum atomic E-state index is -1.35. The van der Waals surface area contributed by atoms with E-state index in [0.29, 0.717) is 45.7 Å². The first kappa shape index (κ1) is 25.8. The van der Waals surface area contributed by atoms with Crippen LogP contribution in [0.3, 0.4) is 0 Å². The Morgan fingerprint density at radius 1 is 1.22 bits per heavy atom. The zero-order valence-electron chi connectivity index (χ0n) is 20.1. The summed E-state index contributed by atoms with van der Waals surface area (Å²) in [6.45, 7) is 6.09. The summed E-state index contributed by atoms with van der Waals surface area (Å²) in [7, 11) is 1.35. The SMILES string of the molecule is C=C1/C=C\C(C(=O)OC)=C/CCCCC1(O)c1ncc(-c2cc(C)cc(Nc3cc(Cl)ccn3)n2)s1. The number of pyridine rings is 2. The Labute approximate surface area is 219 Å². The van der Waals surface area contributed by atoms with Crippen molar-refractivity contribution >= 4 is 40.5 Å². The molecule has 1 atom stereocenters. The number of esters is 1. The van der Waals surface area contributed by atoms with Crippen molar-refractivity contribution in [2.45, 2.75) is 38.2 Å². The van der Waals surface area contributed by atoms with Crippen LogP contribution in [0.15, 0.2) is 72.6 Å². The molecule has 4 rings (SSSR count). The van der Waals surface area contributed by atoms with Crippen molar-refractivity contribution in [1.82, 2.24) is 15.0 Å². The van der Waals surface area contributed by atoms with Gasteiger partial charge in [0.2, 0.25) is 0 Å². The molecule has 3 heterocycles. The van der Waals surface area contributed by atoms with E-state index in [-0.39, 0.29) is 0 Å². The van der Waals surface area contributed by atoms with Crippen molar-refractivity contribution in [2.24, 2.45) is 0 Å². The molecule has 1 aliphatic carbocycles. The number of nitrogens with zero attached hydrogens (tertiary/aromatic N) is 3. The average molecular weight is 523 g/mol. The summed E-state index contributed by atoms with van der Waals surface area (Å²) in [6, 6.07) is 7.32. The number of allylic oxidation sites excluding steroid dienone is 1. The maximum absolute atomic E-state index is 12.0. The maximum atomic E-state index is 12.0. The third-order valence-corrected chi connectivity index (χ3v) is 7.24. The van der Waals surface area contributed by atoms with Gasteiger partial charge in [-0.2, -0.15) is 0 Å². The number of carbonyl (C=O) groups excluding carboxylic acids is 1. The van der Waals surface area contributed by atoms with E-state index in [2.05, 4.69) is 21.9 Å². The van der Waals surface area contributed by atoms with E-state index in [0.717, 1.165) is 29.0 Å². The molecular formula is C27H27ClN4O3S. The van der Waals surface area contributed by atoms with Gasteiger partial charge in [-0.05, 0) is 74.1 Å². The molecular weight excluding hydrogens is 496 g/mol. The van der Waals surface area contributed by atoms with Gasteiger partial charge >= 0.3 is 5.97 Å². The number of anilines is 2. The van der Waals surface area contributed by atoms with Crippen LogP contribution in [0.1, 0.15) is 36.3 Å². The zero-order chi connectivity index (χ0) is 25.7. The molecule has 0 saturated carbocycles. The first-order valence-corrected chi connectivity index (χ1v) is 12.7. The number of carbonyl (C=O) groups is 1. The lowest BCUT2D eigenvalue weighted by Crippen LogP contribution is -2.27. The normalized spacial score (nSPS) is 20.8. The van der Waals surface area contributed by atoms with Gasteiger partial charge in [-0.1, -0.05) is 30.3 Å². The van der Waals surface area contributed by atoms with E-state index in [9.17, 15) is 9.90 Å². The first-order valence-electron chi connectivity index (χ1n) is 11.5. The summed E-state index contributed by atoms with van der Waals surface area (Å²) in [5, 5.41) is 16.0. The molecule has 0 bridgehead atoms. The number of thiazole rings is 1. The highest BCUT2D eigenvalue weighted by atomic mass is 35.5. The largest absolute Gasteiger partial charge is 0.465 e. The molecule has 36 heavy (non-hydrogen) atoms. The van der Waals surface area contributed by atoms with Crippen LogP contribution >= 0.6 is 22.9 Å². The van der Waals surface area contributed by atoms with Crippen molar-refractivity contribution in [1.29, 1.82) is 0 Å². The van der Waals surface area contributed by atoms with Crippen molar-refractivity contribution in [2.75, 3.05) is 12.4 Å². The molecule has 0 aromatic carbocycles. The van der Waals surface area contributed by atoms with Crippen LogP contribution in [-0.4, -0.2) is 33.1 Å². The molecule has 0 fully saturated rings. The van der Waals surface area contributed by atoms with Crippen molar-refractivity contribution in [3.05, 3.63) is 88.2 Å². The Kier molecular flexibility index (Phi) is 7.98. The monoisotopic (exact) mass is 522 g/mol. The minimum absolute atomic E-state index is 0.414. The van der Waals surface area contributed by atoms with Crippen molar-refractivity contribution in [3.63, 3.8) is 0 Å². The van der Waals surface area contributed by atoms with Gasteiger partial charge in [0.05, 0.1) is 23.3 Å². The number of rotatable bonds is 5. The number of aryl methyl sites for hydroxylation is 1. The number of halogens is 1. The second kappa shape index (κ2) is 11.2. The number of aliphatic hydroxyl groups is 1. The Hall–Kier alpha value is -3.33. The topological polar surface area (TPSA) is 97.2 Å². The molecule has 2 N–H and O–H groups in total. The third-order valence-electron chi connectivity index (χ3n) is 5.83. The van der Waals surface area contributed by atoms with Crippen LogP contribution in [0.4, 0.5) is 11.6 Å². The number of hydrogen-bond donors (Lipinski definition) is 2. The Bertz CT molecular complexity index is 1350. The lowest BCUT2D eigenvalue weighted by molar-refractivity contribution is -0.135. The highest BCUT2D eigenvalue weighted by Crippen LogP contribution is 2.40. The smallest absolute Gasteiger partial charge is 0.337 e. The van der Waals surface area contributed by atoms with E-state index in [1.165, 1.54) is 18.4 Å². The van der Waals surface area contributed by atoms with Crippen molar-refractivity contribution in [3.8, 4) is 10.6 Å². The van der Waals surface area contributed by atoms with Crippen LogP contribution < -0.4 is 5.32 Å². The van der Waals surface area contributed by atoms with Gasteiger partial charge in [-0.15, -0.1) is 11.3 Å². The molecule has 7 nitrogen and oxygen atoms in total. The van der Waals surface area contributed by atoms with Gasteiger partial charge in [-0.3, -0.25) is 0 Å². The summed E-state index contributed by atoms with van der Waals surface area (Å²) in [6.07, 6.45) is 11.3. The highest BCUT2D eigenvalue weighted by molar-refractivity contribution is 7.15. The summed E-state index contributed by atoms with van der Waals surface area (Å²) in [5.74, 6) is 0.806. The molecule has 3 aromatic heterocycles. The second-order valence-electron chi connectivity index (χ2n) is 8.54. The van der Waals surface area contributed by atoms with Gasteiger partial charge in [0, 0.05) is 17.4 Å². The maximum Gasteiger partial charge on any atom is 0.337 e. The third kappa shape index (κ3) is 5.90. The molecule has 0 aliphatic heterocycles. The van der Waals surface area contributed by atoms with Gasteiger partial charge in [0.25, 0.3) is 0 Å². The van der Waals surface area contributed by atoms with Crippen LogP contribution in [0.25, 0.3) is 10.6 Å². The van der Waals surface area contributed by atoms with E-state index in [1.54, 1.807) is 36.7 Å². The summed E-state index contributed by atoms with van der Waals surface area (Å²) in [4.78, 5) is 26.4. The van der Waals surface area contributed by atoms with Gasteiger partial charge < -0.3 is 15.2 Å². The lowest BCUT2D eigenvalue weighted by Gasteiger charge is -2.27. The summed E-state index contributed by atoms with van der Waals surface area (Å²) in [5.41, 5.74) is 1.29. The van der Waals surface area contributed by atoms with Crippen LogP contribution in [0, 0.1) is 6.92 Å². The quantitative estimate of drug-likeness (QED) is 0.380. The van der Waals surface area contributed by atoms with E-state index in [1.807, 2.05) is 25.1 Å². The molecule has 1 unspecified atom stereocenters. The van der Waals surface area contributed by atoms with Gasteiger partial charge in [-0.25, -0.2) is 19.7 Å². The van der Waals surface area contributed by atoms with Crippen LogP contribution in [-0.2, 0) is 15.1 Å². The highest BCUT2D eigenvalue weighted by Gasteiger charge is 2.35. The number of methoxy groups -OCH3 is 1. The van der Waals surface area contributed by atoms with E-state index < -0.39 is 11.6 Å². The van der Waals surface area contributed by atoms with E-state index >= 15 is 0 Å². The zero-order valence-corrected chi connectivity index (χ0v) is 21.7. The van der Waals surface area contributed by atoms with Gasteiger partial charge in [0.1, 0.15) is 22.2 Å². The molecule has 186 valence electrons. The molecule has 0 amide bonds. The molecule has 3 aromatic rings.